The first-order chi connectivity index (χ1) is 9.08. The SMILES string of the molecule is Cc1n[nH]c(C)c1CC(=O)NCC1CCCCC1O. The molecule has 5 nitrogen and oxygen atoms in total. The highest BCUT2D eigenvalue weighted by Crippen LogP contribution is 2.23. The zero-order valence-electron chi connectivity index (χ0n) is 11.7. The van der Waals surface area contributed by atoms with Gasteiger partial charge in [0.2, 0.25) is 5.91 Å². The van der Waals surface area contributed by atoms with E-state index >= 15 is 0 Å². The maximum atomic E-state index is 11.9. The number of rotatable bonds is 4. The first-order valence-corrected chi connectivity index (χ1v) is 7.03. The second-order valence-corrected chi connectivity index (χ2v) is 5.51. The second-order valence-electron chi connectivity index (χ2n) is 5.51. The summed E-state index contributed by atoms with van der Waals surface area (Å²) in [5.41, 5.74) is 2.80. The molecule has 1 aromatic heterocycles. The topological polar surface area (TPSA) is 78.0 Å². The Balaban J connectivity index is 1.81. The third kappa shape index (κ3) is 3.56. The minimum Gasteiger partial charge on any atom is -0.393 e. The highest BCUT2D eigenvalue weighted by atomic mass is 16.3. The van der Waals surface area contributed by atoms with Gasteiger partial charge >= 0.3 is 0 Å². The predicted octanol–water partition coefficient (Wildman–Crippen LogP) is 1.24. The van der Waals surface area contributed by atoms with Crippen LogP contribution in [0.2, 0.25) is 0 Å². The van der Waals surface area contributed by atoms with Gasteiger partial charge in [-0.1, -0.05) is 12.8 Å². The maximum absolute atomic E-state index is 11.9. The Kier molecular flexibility index (Phi) is 4.58. The molecule has 1 aliphatic rings. The molecule has 1 heterocycles. The van der Waals surface area contributed by atoms with Gasteiger partial charge in [0.1, 0.15) is 0 Å². The number of aliphatic hydroxyl groups excluding tert-OH is 1. The molecular weight excluding hydrogens is 242 g/mol. The Bertz CT molecular complexity index is 422. The zero-order valence-corrected chi connectivity index (χ0v) is 11.7. The molecule has 0 saturated heterocycles. The quantitative estimate of drug-likeness (QED) is 0.766. The van der Waals surface area contributed by atoms with Gasteiger partial charge in [0.05, 0.1) is 18.2 Å². The molecule has 0 spiro atoms. The number of hydrogen-bond donors (Lipinski definition) is 3. The molecule has 1 aromatic rings. The number of aryl methyl sites for hydroxylation is 2. The number of amides is 1. The molecule has 2 rings (SSSR count). The molecule has 1 amide bonds. The Labute approximate surface area is 113 Å². The van der Waals surface area contributed by atoms with Gasteiger partial charge in [0.25, 0.3) is 0 Å². The van der Waals surface area contributed by atoms with E-state index in [0.29, 0.717) is 13.0 Å². The molecule has 2 unspecified atom stereocenters. The lowest BCUT2D eigenvalue weighted by Gasteiger charge is -2.27. The second kappa shape index (κ2) is 6.19. The monoisotopic (exact) mass is 265 g/mol. The standard InChI is InChI=1S/C14H23N3O2/c1-9-12(10(2)17-16-9)7-14(19)15-8-11-5-3-4-6-13(11)18/h11,13,18H,3-8H2,1-2H3,(H,15,19)(H,16,17). The Morgan fingerprint density at radius 2 is 2.16 bits per heavy atom. The first kappa shape index (κ1) is 14.1. The van der Waals surface area contributed by atoms with Gasteiger partial charge in [-0.2, -0.15) is 5.10 Å². The Morgan fingerprint density at radius 3 is 2.79 bits per heavy atom. The minimum atomic E-state index is -0.258. The number of carbonyl (C=O) groups is 1. The highest BCUT2D eigenvalue weighted by molar-refractivity contribution is 5.79. The van der Waals surface area contributed by atoms with E-state index in [2.05, 4.69) is 15.5 Å². The smallest absolute Gasteiger partial charge is 0.224 e. The average molecular weight is 265 g/mol. The van der Waals surface area contributed by atoms with Crippen LogP contribution in [-0.4, -0.2) is 33.9 Å². The number of hydrogen-bond acceptors (Lipinski definition) is 3. The van der Waals surface area contributed by atoms with Gasteiger partial charge in [-0.05, 0) is 26.7 Å². The van der Waals surface area contributed by atoms with Crippen LogP contribution < -0.4 is 5.32 Å². The van der Waals surface area contributed by atoms with Gasteiger partial charge in [-0.3, -0.25) is 9.89 Å². The number of H-pyrrole nitrogens is 1. The fourth-order valence-corrected chi connectivity index (χ4v) is 2.73. The number of aromatic amines is 1. The van der Waals surface area contributed by atoms with E-state index < -0.39 is 0 Å². The van der Waals surface area contributed by atoms with E-state index in [1.165, 1.54) is 0 Å². The fraction of sp³-hybridized carbons (Fsp3) is 0.714. The van der Waals surface area contributed by atoms with Crippen LogP contribution in [0.15, 0.2) is 0 Å². The summed E-state index contributed by atoms with van der Waals surface area (Å²) in [6.45, 7) is 4.40. The third-order valence-corrected chi connectivity index (χ3v) is 4.05. The molecule has 0 radical (unpaired) electrons. The number of aromatic nitrogens is 2. The van der Waals surface area contributed by atoms with E-state index in [4.69, 9.17) is 0 Å². The van der Waals surface area contributed by atoms with Gasteiger partial charge < -0.3 is 10.4 Å². The molecule has 1 aliphatic carbocycles. The van der Waals surface area contributed by atoms with Crippen LogP contribution >= 0.6 is 0 Å². The molecule has 0 aromatic carbocycles. The van der Waals surface area contributed by atoms with Crippen LogP contribution in [0.4, 0.5) is 0 Å². The number of carbonyl (C=O) groups excluding carboxylic acids is 1. The van der Waals surface area contributed by atoms with Crippen LogP contribution in [0, 0.1) is 19.8 Å². The van der Waals surface area contributed by atoms with Crippen molar-refractivity contribution >= 4 is 5.91 Å². The largest absolute Gasteiger partial charge is 0.393 e. The van der Waals surface area contributed by atoms with E-state index in [1.54, 1.807) is 0 Å². The lowest BCUT2D eigenvalue weighted by atomic mass is 9.86. The van der Waals surface area contributed by atoms with Gasteiger partial charge in [0.15, 0.2) is 0 Å². The van der Waals surface area contributed by atoms with E-state index in [-0.39, 0.29) is 17.9 Å². The van der Waals surface area contributed by atoms with E-state index in [9.17, 15) is 9.90 Å². The van der Waals surface area contributed by atoms with Gasteiger partial charge in [-0.25, -0.2) is 0 Å². The van der Waals surface area contributed by atoms with Gasteiger partial charge in [-0.15, -0.1) is 0 Å². The molecule has 2 atom stereocenters. The van der Waals surface area contributed by atoms with Crippen molar-refractivity contribution in [2.24, 2.45) is 5.92 Å². The summed E-state index contributed by atoms with van der Waals surface area (Å²) in [7, 11) is 0. The summed E-state index contributed by atoms with van der Waals surface area (Å²) in [5.74, 6) is 0.217. The molecule has 1 saturated carbocycles. The summed E-state index contributed by atoms with van der Waals surface area (Å²) >= 11 is 0. The summed E-state index contributed by atoms with van der Waals surface area (Å²) in [6.07, 6.45) is 4.21. The van der Waals surface area contributed by atoms with Crippen molar-refractivity contribution in [3.8, 4) is 0 Å². The molecule has 106 valence electrons. The number of nitrogens with one attached hydrogen (secondary N) is 2. The molecule has 1 fully saturated rings. The average Bonchev–Trinajstić information content (AvgIpc) is 2.70. The van der Waals surface area contributed by atoms with Crippen molar-refractivity contribution in [1.82, 2.24) is 15.5 Å². The van der Waals surface area contributed by atoms with E-state index in [0.717, 1.165) is 42.6 Å². The summed E-state index contributed by atoms with van der Waals surface area (Å²) < 4.78 is 0. The molecule has 0 bridgehead atoms. The summed E-state index contributed by atoms with van der Waals surface area (Å²) in [4.78, 5) is 11.9. The van der Waals surface area contributed by atoms with Gasteiger partial charge in [0, 0.05) is 23.7 Å². The van der Waals surface area contributed by atoms with Crippen molar-refractivity contribution in [2.75, 3.05) is 6.54 Å². The van der Waals surface area contributed by atoms with Crippen LogP contribution in [0.25, 0.3) is 0 Å². The number of nitrogens with zero attached hydrogens (tertiary/aromatic N) is 1. The molecule has 3 N–H and O–H groups in total. The molecule has 5 heteroatoms. The summed E-state index contributed by atoms with van der Waals surface area (Å²) in [6, 6.07) is 0. The van der Waals surface area contributed by atoms with Crippen molar-refractivity contribution in [2.45, 2.75) is 52.1 Å². The highest BCUT2D eigenvalue weighted by Gasteiger charge is 2.23. The van der Waals surface area contributed by atoms with Crippen LogP contribution in [-0.2, 0) is 11.2 Å². The van der Waals surface area contributed by atoms with Crippen LogP contribution in [0.3, 0.4) is 0 Å². The van der Waals surface area contributed by atoms with Crippen molar-refractivity contribution in [3.05, 3.63) is 17.0 Å². The normalized spacial score (nSPS) is 23.3. The molecule has 0 aliphatic heterocycles. The predicted molar refractivity (Wildman–Crippen MR) is 72.7 cm³/mol. The van der Waals surface area contributed by atoms with Crippen molar-refractivity contribution in [1.29, 1.82) is 0 Å². The van der Waals surface area contributed by atoms with Crippen LogP contribution in [0.5, 0.6) is 0 Å². The maximum Gasteiger partial charge on any atom is 0.224 e. The van der Waals surface area contributed by atoms with Crippen LogP contribution in [0.1, 0.15) is 42.6 Å². The van der Waals surface area contributed by atoms with Crippen molar-refractivity contribution in [3.63, 3.8) is 0 Å². The third-order valence-electron chi connectivity index (χ3n) is 4.05. The Hall–Kier alpha value is -1.36. The lowest BCUT2D eigenvalue weighted by Crippen LogP contribution is -2.37. The first-order valence-electron chi connectivity index (χ1n) is 7.03. The molecular formula is C14H23N3O2. The Morgan fingerprint density at radius 1 is 1.42 bits per heavy atom. The minimum absolute atomic E-state index is 0.00498. The number of aliphatic hydroxyl groups is 1. The van der Waals surface area contributed by atoms with E-state index in [1.807, 2.05) is 13.8 Å². The molecule has 19 heavy (non-hydrogen) atoms. The fourth-order valence-electron chi connectivity index (χ4n) is 2.73. The lowest BCUT2D eigenvalue weighted by molar-refractivity contribution is -0.120. The zero-order chi connectivity index (χ0) is 13.8. The van der Waals surface area contributed by atoms with Crippen molar-refractivity contribution < 1.29 is 9.90 Å². The summed E-state index contributed by atoms with van der Waals surface area (Å²) in [5, 5.41) is 19.8.